The van der Waals surface area contributed by atoms with Gasteiger partial charge in [-0.3, -0.25) is 9.36 Å². The summed E-state index contributed by atoms with van der Waals surface area (Å²) in [5, 5.41) is 0. The summed E-state index contributed by atoms with van der Waals surface area (Å²) < 4.78 is 1.85. The number of aromatic nitrogens is 2. The van der Waals surface area contributed by atoms with Crippen LogP contribution in [-0.2, 0) is 0 Å². The monoisotopic (exact) mass is 298 g/mol. The molecule has 116 valence electrons. The van der Waals surface area contributed by atoms with Crippen LogP contribution in [0.1, 0.15) is 30.3 Å². The van der Waals surface area contributed by atoms with E-state index in [-0.39, 0.29) is 11.9 Å². The summed E-state index contributed by atoms with van der Waals surface area (Å²) in [6.07, 6.45) is 5.44. The first-order valence-electron chi connectivity index (χ1n) is 7.79. The molecule has 0 saturated carbocycles. The van der Waals surface area contributed by atoms with Crippen LogP contribution < -0.4 is 5.73 Å². The molecular weight excluding hydrogens is 276 g/mol. The molecule has 1 fully saturated rings. The number of rotatable bonds is 3. The van der Waals surface area contributed by atoms with Crippen molar-refractivity contribution in [2.75, 3.05) is 13.1 Å². The van der Waals surface area contributed by atoms with Crippen molar-refractivity contribution < 1.29 is 4.79 Å². The zero-order chi connectivity index (χ0) is 15.5. The zero-order valence-electron chi connectivity index (χ0n) is 12.9. The third-order valence-corrected chi connectivity index (χ3v) is 4.38. The van der Waals surface area contributed by atoms with Gasteiger partial charge >= 0.3 is 0 Å². The van der Waals surface area contributed by atoms with Gasteiger partial charge in [-0.2, -0.15) is 0 Å². The Labute approximate surface area is 130 Å². The molecule has 0 aliphatic carbocycles. The van der Waals surface area contributed by atoms with Crippen molar-refractivity contribution in [3.63, 3.8) is 0 Å². The van der Waals surface area contributed by atoms with Crippen LogP contribution in [0.25, 0.3) is 5.69 Å². The maximum atomic E-state index is 12.8. The minimum atomic E-state index is 0.0340. The maximum Gasteiger partial charge on any atom is 0.272 e. The normalized spacial score (nSPS) is 19.9. The van der Waals surface area contributed by atoms with Gasteiger partial charge in [0.15, 0.2) is 0 Å². The molecule has 0 unspecified atom stereocenters. The number of hydrogen-bond acceptors (Lipinski definition) is 3. The van der Waals surface area contributed by atoms with E-state index < -0.39 is 0 Å². The predicted molar refractivity (Wildman–Crippen MR) is 85.8 cm³/mol. The SMILES string of the molecule is C[C@@H](N)[C@@H]1CCCN(C(=O)c2cncn2-c2ccccc2)C1. The number of amides is 1. The summed E-state index contributed by atoms with van der Waals surface area (Å²) in [4.78, 5) is 18.9. The number of nitrogens with two attached hydrogens (primary N) is 1. The average Bonchev–Trinajstić information content (AvgIpc) is 3.04. The van der Waals surface area contributed by atoms with Gasteiger partial charge in [0.05, 0.1) is 12.5 Å². The minimum absolute atomic E-state index is 0.0340. The van der Waals surface area contributed by atoms with E-state index in [1.54, 1.807) is 12.5 Å². The average molecular weight is 298 g/mol. The molecule has 5 nitrogen and oxygen atoms in total. The molecule has 0 spiro atoms. The highest BCUT2D eigenvalue weighted by Crippen LogP contribution is 2.21. The highest BCUT2D eigenvalue weighted by Gasteiger charge is 2.28. The number of para-hydroxylation sites is 1. The van der Waals surface area contributed by atoms with Crippen LogP contribution in [0.15, 0.2) is 42.9 Å². The largest absolute Gasteiger partial charge is 0.337 e. The highest BCUT2D eigenvalue weighted by atomic mass is 16.2. The summed E-state index contributed by atoms with van der Waals surface area (Å²) >= 11 is 0. The van der Waals surface area contributed by atoms with Crippen LogP contribution >= 0.6 is 0 Å². The smallest absolute Gasteiger partial charge is 0.272 e. The number of carbonyl (C=O) groups excluding carboxylic acids is 1. The Morgan fingerprint density at radius 1 is 1.36 bits per heavy atom. The zero-order valence-corrected chi connectivity index (χ0v) is 12.9. The van der Waals surface area contributed by atoms with Crippen molar-refractivity contribution >= 4 is 5.91 Å². The van der Waals surface area contributed by atoms with Gasteiger partial charge in [0, 0.05) is 24.8 Å². The number of hydrogen-bond donors (Lipinski definition) is 1. The third kappa shape index (κ3) is 2.90. The lowest BCUT2D eigenvalue weighted by Crippen LogP contribution is -2.45. The van der Waals surface area contributed by atoms with E-state index in [9.17, 15) is 4.79 Å². The maximum absolute atomic E-state index is 12.8. The van der Waals surface area contributed by atoms with E-state index in [1.165, 1.54) is 0 Å². The number of benzene rings is 1. The molecule has 1 aromatic carbocycles. The fourth-order valence-corrected chi connectivity index (χ4v) is 3.03. The molecule has 22 heavy (non-hydrogen) atoms. The van der Waals surface area contributed by atoms with Gasteiger partial charge in [-0.05, 0) is 37.8 Å². The molecule has 0 bridgehead atoms. The lowest BCUT2D eigenvalue weighted by molar-refractivity contribution is 0.0653. The fraction of sp³-hybridized carbons (Fsp3) is 0.412. The first-order chi connectivity index (χ1) is 10.7. The second-order valence-corrected chi connectivity index (χ2v) is 6.00. The van der Waals surface area contributed by atoms with E-state index in [0.717, 1.165) is 31.6 Å². The van der Waals surface area contributed by atoms with Gasteiger partial charge < -0.3 is 10.6 Å². The Hall–Kier alpha value is -2.14. The van der Waals surface area contributed by atoms with Crippen molar-refractivity contribution in [3.8, 4) is 5.69 Å². The van der Waals surface area contributed by atoms with E-state index in [0.29, 0.717) is 11.6 Å². The predicted octanol–water partition coefficient (Wildman–Crippen LogP) is 2.07. The van der Waals surface area contributed by atoms with Gasteiger partial charge in [-0.15, -0.1) is 0 Å². The summed E-state index contributed by atoms with van der Waals surface area (Å²) in [5.74, 6) is 0.414. The van der Waals surface area contributed by atoms with E-state index in [4.69, 9.17) is 5.73 Å². The minimum Gasteiger partial charge on any atom is -0.337 e. The lowest BCUT2D eigenvalue weighted by Gasteiger charge is -2.34. The quantitative estimate of drug-likeness (QED) is 0.943. The molecule has 0 radical (unpaired) electrons. The molecule has 1 aromatic heterocycles. The molecule has 2 N–H and O–H groups in total. The van der Waals surface area contributed by atoms with Crippen LogP contribution in [0, 0.1) is 5.92 Å². The van der Waals surface area contributed by atoms with Crippen molar-refractivity contribution in [1.82, 2.24) is 14.5 Å². The van der Waals surface area contributed by atoms with Gasteiger partial charge in [0.25, 0.3) is 5.91 Å². The summed E-state index contributed by atoms with van der Waals surface area (Å²) in [7, 11) is 0. The second kappa shape index (κ2) is 6.32. The summed E-state index contributed by atoms with van der Waals surface area (Å²) in [5.41, 5.74) is 7.57. The third-order valence-electron chi connectivity index (χ3n) is 4.38. The summed E-state index contributed by atoms with van der Waals surface area (Å²) in [6, 6.07) is 9.93. The first-order valence-corrected chi connectivity index (χ1v) is 7.79. The van der Waals surface area contributed by atoms with Crippen LogP contribution in [0.4, 0.5) is 0 Å². The van der Waals surface area contributed by atoms with Gasteiger partial charge in [-0.25, -0.2) is 4.98 Å². The molecule has 1 aliphatic heterocycles. The lowest BCUT2D eigenvalue weighted by atomic mass is 9.92. The van der Waals surface area contributed by atoms with E-state index in [2.05, 4.69) is 4.98 Å². The number of nitrogens with zero attached hydrogens (tertiary/aromatic N) is 3. The Morgan fingerprint density at radius 2 is 2.14 bits per heavy atom. The number of carbonyl (C=O) groups is 1. The second-order valence-electron chi connectivity index (χ2n) is 6.00. The van der Waals surface area contributed by atoms with Crippen LogP contribution in [0.3, 0.4) is 0 Å². The first kappa shape index (κ1) is 14.8. The standard InChI is InChI=1S/C17H22N4O/c1-13(18)14-6-5-9-20(11-14)17(22)16-10-19-12-21(16)15-7-3-2-4-8-15/h2-4,7-8,10,12-14H,5-6,9,11,18H2,1H3/t13-,14-/m1/s1. The van der Waals surface area contributed by atoms with Crippen LogP contribution in [0.5, 0.6) is 0 Å². The van der Waals surface area contributed by atoms with Crippen LogP contribution in [-0.4, -0.2) is 39.5 Å². The molecule has 3 rings (SSSR count). The van der Waals surface area contributed by atoms with Gasteiger partial charge in [0.2, 0.25) is 0 Å². The van der Waals surface area contributed by atoms with Crippen LogP contribution in [0.2, 0.25) is 0 Å². The molecular formula is C17H22N4O. The Kier molecular flexibility index (Phi) is 4.24. The molecule has 2 atom stereocenters. The molecule has 1 amide bonds. The number of imidazole rings is 1. The van der Waals surface area contributed by atoms with Crippen molar-refractivity contribution in [3.05, 3.63) is 48.5 Å². The van der Waals surface area contributed by atoms with Crippen molar-refractivity contribution in [1.29, 1.82) is 0 Å². The Morgan fingerprint density at radius 3 is 2.86 bits per heavy atom. The molecule has 2 heterocycles. The summed E-state index contributed by atoms with van der Waals surface area (Å²) in [6.45, 7) is 3.55. The topological polar surface area (TPSA) is 64.2 Å². The molecule has 1 aliphatic rings. The Bertz CT molecular complexity index is 635. The van der Waals surface area contributed by atoms with E-state index in [1.807, 2.05) is 46.7 Å². The molecule has 5 heteroatoms. The van der Waals surface area contributed by atoms with Crippen molar-refractivity contribution in [2.45, 2.75) is 25.8 Å². The molecule has 2 aromatic rings. The van der Waals surface area contributed by atoms with Crippen molar-refractivity contribution in [2.24, 2.45) is 11.7 Å². The Balaban J connectivity index is 1.83. The van der Waals surface area contributed by atoms with E-state index >= 15 is 0 Å². The molecule has 1 saturated heterocycles. The number of piperidine rings is 1. The highest BCUT2D eigenvalue weighted by molar-refractivity contribution is 5.93. The fourth-order valence-electron chi connectivity index (χ4n) is 3.03. The number of likely N-dealkylation sites (tertiary alicyclic amines) is 1. The van der Waals surface area contributed by atoms with Gasteiger partial charge in [0.1, 0.15) is 5.69 Å². The van der Waals surface area contributed by atoms with Gasteiger partial charge in [-0.1, -0.05) is 18.2 Å².